The summed E-state index contributed by atoms with van der Waals surface area (Å²) < 4.78 is 0. The first kappa shape index (κ1) is 12.4. The van der Waals surface area contributed by atoms with E-state index in [-0.39, 0.29) is 12.1 Å². The number of carbonyl (C=O) groups is 1. The van der Waals surface area contributed by atoms with Gasteiger partial charge in [-0.25, -0.2) is 4.79 Å². The number of fused-ring (bicyclic) bond motifs is 1. The molecule has 0 spiro atoms. The standard InChI is InChI=1S/C14H17N3O/c1-10(2)17-14(18)16-9-11-5-6-13-12(8-11)4-3-7-15-13/h3-8,10H,9H2,1-2H3,(H2,16,17,18). The van der Waals surface area contributed by atoms with Crippen molar-refractivity contribution in [2.75, 3.05) is 0 Å². The number of amides is 2. The number of hydrogen-bond donors (Lipinski definition) is 2. The Bertz CT molecular complexity index is 551. The van der Waals surface area contributed by atoms with Crippen molar-refractivity contribution in [3.63, 3.8) is 0 Å². The highest BCUT2D eigenvalue weighted by Gasteiger charge is 2.02. The van der Waals surface area contributed by atoms with Crippen LogP contribution in [0.5, 0.6) is 0 Å². The predicted octanol–water partition coefficient (Wildman–Crippen LogP) is 2.44. The Labute approximate surface area is 106 Å². The van der Waals surface area contributed by atoms with Gasteiger partial charge in [0.2, 0.25) is 0 Å². The largest absolute Gasteiger partial charge is 0.336 e. The molecule has 0 aliphatic heterocycles. The Morgan fingerprint density at radius 1 is 1.33 bits per heavy atom. The number of hydrogen-bond acceptors (Lipinski definition) is 2. The Balaban J connectivity index is 2.01. The van der Waals surface area contributed by atoms with E-state index in [1.54, 1.807) is 6.20 Å². The monoisotopic (exact) mass is 243 g/mol. The van der Waals surface area contributed by atoms with Crippen LogP contribution in [0.2, 0.25) is 0 Å². The van der Waals surface area contributed by atoms with Crippen molar-refractivity contribution in [1.82, 2.24) is 15.6 Å². The van der Waals surface area contributed by atoms with Gasteiger partial charge in [0.1, 0.15) is 0 Å². The first-order valence-electron chi connectivity index (χ1n) is 6.03. The minimum atomic E-state index is -0.142. The first-order chi connectivity index (χ1) is 8.65. The second-order valence-corrected chi connectivity index (χ2v) is 4.51. The number of benzene rings is 1. The summed E-state index contributed by atoms with van der Waals surface area (Å²) in [4.78, 5) is 15.7. The number of aromatic nitrogens is 1. The molecule has 0 aliphatic carbocycles. The molecule has 0 saturated heterocycles. The van der Waals surface area contributed by atoms with Crippen LogP contribution in [0.4, 0.5) is 4.79 Å². The zero-order chi connectivity index (χ0) is 13.0. The zero-order valence-electron chi connectivity index (χ0n) is 10.6. The second kappa shape index (κ2) is 5.49. The third-order valence-electron chi connectivity index (χ3n) is 2.54. The molecule has 2 N–H and O–H groups in total. The van der Waals surface area contributed by atoms with Gasteiger partial charge in [0.15, 0.2) is 0 Å². The van der Waals surface area contributed by atoms with Crippen LogP contribution in [0.25, 0.3) is 10.9 Å². The maximum absolute atomic E-state index is 11.5. The van der Waals surface area contributed by atoms with Crippen molar-refractivity contribution in [2.24, 2.45) is 0 Å². The molecule has 0 aliphatic rings. The Kier molecular flexibility index (Phi) is 3.77. The molecule has 1 aromatic heterocycles. The van der Waals surface area contributed by atoms with E-state index in [1.807, 2.05) is 44.2 Å². The van der Waals surface area contributed by atoms with Gasteiger partial charge in [-0.3, -0.25) is 4.98 Å². The normalized spacial score (nSPS) is 10.6. The van der Waals surface area contributed by atoms with E-state index in [1.165, 1.54) is 0 Å². The highest BCUT2D eigenvalue weighted by atomic mass is 16.2. The second-order valence-electron chi connectivity index (χ2n) is 4.51. The zero-order valence-corrected chi connectivity index (χ0v) is 10.6. The van der Waals surface area contributed by atoms with Gasteiger partial charge in [-0.15, -0.1) is 0 Å². The van der Waals surface area contributed by atoms with Crippen molar-refractivity contribution in [1.29, 1.82) is 0 Å². The molecule has 2 aromatic rings. The fraction of sp³-hybridized carbons (Fsp3) is 0.286. The van der Waals surface area contributed by atoms with Crippen LogP contribution in [0.3, 0.4) is 0 Å². The number of carbonyl (C=O) groups excluding carboxylic acids is 1. The molecule has 0 radical (unpaired) electrons. The average Bonchev–Trinajstić information content (AvgIpc) is 2.35. The minimum absolute atomic E-state index is 0.142. The van der Waals surface area contributed by atoms with Crippen LogP contribution in [0.15, 0.2) is 36.5 Å². The lowest BCUT2D eigenvalue weighted by Crippen LogP contribution is -2.39. The van der Waals surface area contributed by atoms with Crippen LogP contribution in [0.1, 0.15) is 19.4 Å². The first-order valence-corrected chi connectivity index (χ1v) is 6.03. The molecular weight excluding hydrogens is 226 g/mol. The fourth-order valence-electron chi connectivity index (χ4n) is 1.73. The molecule has 4 heteroatoms. The van der Waals surface area contributed by atoms with Gasteiger partial charge >= 0.3 is 6.03 Å². The molecule has 18 heavy (non-hydrogen) atoms. The molecule has 0 unspecified atom stereocenters. The maximum atomic E-state index is 11.5. The highest BCUT2D eigenvalue weighted by molar-refractivity contribution is 5.79. The Hall–Kier alpha value is -2.10. The minimum Gasteiger partial charge on any atom is -0.336 e. The van der Waals surface area contributed by atoms with E-state index in [2.05, 4.69) is 15.6 Å². The number of nitrogens with one attached hydrogen (secondary N) is 2. The lowest BCUT2D eigenvalue weighted by molar-refractivity contribution is 0.238. The van der Waals surface area contributed by atoms with E-state index in [0.717, 1.165) is 16.5 Å². The summed E-state index contributed by atoms with van der Waals surface area (Å²) >= 11 is 0. The summed E-state index contributed by atoms with van der Waals surface area (Å²) in [5.41, 5.74) is 2.03. The van der Waals surface area contributed by atoms with Crippen molar-refractivity contribution in [3.05, 3.63) is 42.1 Å². The summed E-state index contributed by atoms with van der Waals surface area (Å²) in [6.07, 6.45) is 1.77. The Morgan fingerprint density at radius 3 is 2.94 bits per heavy atom. The lowest BCUT2D eigenvalue weighted by Gasteiger charge is -2.10. The van der Waals surface area contributed by atoms with Crippen molar-refractivity contribution in [2.45, 2.75) is 26.4 Å². The van der Waals surface area contributed by atoms with Crippen LogP contribution in [0, 0.1) is 0 Å². The quantitative estimate of drug-likeness (QED) is 0.870. The molecule has 2 rings (SSSR count). The molecule has 4 nitrogen and oxygen atoms in total. The van der Waals surface area contributed by atoms with Crippen LogP contribution in [-0.2, 0) is 6.54 Å². The molecule has 0 fully saturated rings. The number of rotatable bonds is 3. The summed E-state index contributed by atoms with van der Waals surface area (Å²) in [6, 6.07) is 9.91. The highest BCUT2D eigenvalue weighted by Crippen LogP contribution is 2.12. The molecule has 0 bridgehead atoms. The summed E-state index contributed by atoms with van der Waals surface area (Å²) in [6.45, 7) is 4.38. The van der Waals surface area contributed by atoms with E-state index >= 15 is 0 Å². The van der Waals surface area contributed by atoms with Gasteiger partial charge < -0.3 is 10.6 Å². The fourth-order valence-corrected chi connectivity index (χ4v) is 1.73. The van der Waals surface area contributed by atoms with E-state index in [9.17, 15) is 4.79 Å². The predicted molar refractivity (Wildman–Crippen MR) is 72.3 cm³/mol. The average molecular weight is 243 g/mol. The third kappa shape index (κ3) is 3.20. The molecular formula is C14H17N3O. The van der Waals surface area contributed by atoms with Gasteiger partial charge in [0, 0.05) is 24.2 Å². The van der Waals surface area contributed by atoms with Crippen molar-refractivity contribution in [3.8, 4) is 0 Å². The lowest BCUT2D eigenvalue weighted by atomic mass is 10.1. The van der Waals surface area contributed by atoms with Gasteiger partial charge in [-0.05, 0) is 37.6 Å². The van der Waals surface area contributed by atoms with E-state index in [0.29, 0.717) is 6.54 Å². The summed E-state index contributed by atoms with van der Waals surface area (Å²) in [5, 5.41) is 6.70. The van der Waals surface area contributed by atoms with Gasteiger partial charge in [-0.2, -0.15) is 0 Å². The molecule has 2 amide bonds. The van der Waals surface area contributed by atoms with Gasteiger partial charge in [0.25, 0.3) is 0 Å². The molecule has 1 aromatic carbocycles. The number of nitrogens with zero attached hydrogens (tertiary/aromatic N) is 1. The SMILES string of the molecule is CC(C)NC(=O)NCc1ccc2ncccc2c1. The van der Waals surface area contributed by atoms with Crippen LogP contribution in [-0.4, -0.2) is 17.1 Å². The maximum Gasteiger partial charge on any atom is 0.315 e. The number of pyridine rings is 1. The summed E-state index contributed by atoms with van der Waals surface area (Å²) in [7, 11) is 0. The smallest absolute Gasteiger partial charge is 0.315 e. The third-order valence-corrected chi connectivity index (χ3v) is 2.54. The Morgan fingerprint density at radius 2 is 2.17 bits per heavy atom. The van der Waals surface area contributed by atoms with Crippen molar-refractivity contribution < 1.29 is 4.79 Å². The molecule has 0 atom stereocenters. The topological polar surface area (TPSA) is 54.0 Å². The van der Waals surface area contributed by atoms with Crippen molar-refractivity contribution >= 4 is 16.9 Å². The molecule has 94 valence electrons. The van der Waals surface area contributed by atoms with Crippen LogP contribution >= 0.6 is 0 Å². The van der Waals surface area contributed by atoms with E-state index in [4.69, 9.17) is 0 Å². The summed E-state index contributed by atoms with van der Waals surface area (Å²) in [5.74, 6) is 0. The number of urea groups is 1. The molecule has 1 heterocycles. The molecule has 0 saturated carbocycles. The van der Waals surface area contributed by atoms with Gasteiger partial charge in [-0.1, -0.05) is 12.1 Å². The van der Waals surface area contributed by atoms with Crippen LogP contribution < -0.4 is 10.6 Å². The van der Waals surface area contributed by atoms with E-state index < -0.39 is 0 Å². The van der Waals surface area contributed by atoms with Gasteiger partial charge in [0.05, 0.1) is 5.52 Å².